The summed E-state index contributed by atoms with van der Waals surface area (Å²) in [7, 11) is -3.45. The molecular weight excluding hydrogens is 374 g/mol. The van der Waals surface area contributed by atoms with Gasteiger partial charge >= 0.3 is 0 Å². The second kappa shape index (κ2) is 9.37. The van der Waals surface area contributed by atoms with Gasteiger partial charge in [0.2, 0.25) is 10.0 Å². The zero-order chi connectivity index (χ0) is 20.1. The van der Waals surface area contributed by atoms with E-state index in [0.717, 1.165) is 38.8 Å². The molecule has 0 radical (unpaired) electrons. The topological polar surface area (TPSA) is 70.9 Å². The molecule has 2 aliphatic heterocycles. The Hall–Kier alpha value is -1.44. The number of sulfonamides is 1. The van der Waals surface area contributed by atoms with Gasteiger partial charge in [0.15, 0.2) is 6.54 Å². The number of hydrogen-bond acceptors (Lipinski definition) is 3. The summed E-state index contributed by atoms with van der Waals surface area (Å²) >= 11 is 0. The lowest BCUT2D eigenvalue weighted by molar-refractivity contribution is -0.904. The van der Waals surface area contributed by atoms with Crippen molar-refractivity contribution in [2.45, 2.75) is 50.8 Å². The Bertz CT molecular complexity index is 746. The molecule has 0 aromatic heterocycles. The van der Waals surface area contributed by atoms with E-state index in [4.69, 9.17) is 0 Å². The van der Waals surface area contributed by atoms with Crippen LogP contribution in [-0.4, -0.2) is 51.4 Å². The van der Waals surface area contributed by atoms with Crippen LogP contribution in [0.15, 0.2) is 29.2 Å². The Morgan fingerprint density at radius 3 is 2.18 bits per heavy atom. The van der Waals surface area contributed by atoms with Crippen LogP contribution in [0, 0.1) is 11.8 Å². The number of carbonyl (C=O) groups excluding carboxylic acids is 1. The van der Waals surface area contributed by atoms with Crippen LogP contribution < -0.4 is 10.2 Å². The first kappa shape index (κ1) is 21.3. The number of amides is 1. The maximum atomic E-state index is 12.8. The van der Waals surface area contributed by atoms with Crippen molar-refractivity contribution in [1.29, 1.82) is 0 Å². The molecule has 0 saturated carbocycles. The molecule has 0 spiro atoms. The molecule has 2 aliphatic rings. The Kier molecular flexibility index (Phi) is 7.12. The number of quaternary nitrogens is 1. The number of hydrogen-bond donors (Lipinski definition) is 2. The van der Waals surface area contributed by atoms with Gasteiger partial charge in [0.25, 0.3) is 5.91 Å². The molecule has 0 unspecified atom stereocenters. The number of carbonyl (C=O) groups is 1. The zero-order valence-corrected chi connectivity index (χ0v) is 17.9. The van der Waals surface area contributed by atoms with E-state index in [2.05, 4.69) is 19.2 Å². The van der Waals surface area contributed by atoms with Crippen molar-refractivity contribution in [2.75, 3.05) is 38.0 Å². The Labute approximate surface area is 169 Å². The van der Waals surface area contributed by atoms with E-state index in [-0.39, 0.29) is 5.91 Å². The fourth-order valence-electron chi connectivity index (χ4n) is 4.64. The van der Waals surface area contributed by atoms with Crippen molar-refractivity contribution in [2.24, 2.45) is 11.8 Å². The molecule has 3 rings (SSSR count). The minimum atomic E-state index is -3.45. The molecule has 0 aliphatic carbocycles. The van der Waals surface area contributed by atoms with Gasteiger partial charge in [-0.3, -0.25) is 4.79 Å². The van der Waals surface area contributed by atoms with Gasteiger partial charge in [-0.1, -0.05) is 26.7 Å². The highest BCUT2D eigenvalue weighted by Gasteiger charge is 2.27. The van der Waals surface area contributed by atoms with Gasteiger partial charge in [-0.2, -0.15) is 4.31 Å². The van der Waals surface area contributed by atoms with Crippen LogP contribution in [-0.2, 0) is 14.8 Å². The first-order valence-electron chi connectivity index (χ1n) is 10.6. The second-order valence-corrected chi connectivity index (χ2v) is 10.6. The maximum Gasteiger partial charge on any atom is 0.279 e. The normalized spacial score (nSPS) is 27.1. The Balaban J connectivity index is 1.58. The van der Waals surface area contributed by atoms with Crippen molar-refractivity contribution < 1.29 is 18.1 Å². The minimum Gasteiger partial charge on any atom is -0.327 e. The van der Waals surface area contributed by atoms with E-state index in [1.54, 1.807) is 28.6 Å². The van der Waals surface area contributed by atoms with Crippen molar-refractivity contribution in [3.05, 3.63) is 24.3 Å². The lowest BCUT2D eigenvalue weighted by atomic mass is 9.92. The highest BCUT2D eigenvalue weighted by Crippen LogP contribution is 2.21. The first-order valence-corrected chi connectivity index (χ1v) is 12.0. The Morgan fingerprint density at radius 1 is 1.04 bits per heavy atom. The van der Waals surface area contributed by atoms with Crippen molar-refractivity contribution in [3.63, 3.8) is 0 Å². The number of nitrogens with zero attached hydrogens (tertiary/aromatic N) is 1. The second-order valence-electron chi connectivity index (χ2n) is 8.67. The summed E-state index contributed by atoms with van der Waals surface area (Å²) in [5.41, 5.74) is 0.650. The quantitative estimate of drug-likeness (QED) is 0.780. The van der Waals surface area contributed by atoms with Crippen molar-refractivity contribution in [1.82, 2.24) is 4.31 Å². The van der Waals surface area contributed by atoms with Crippen LogP contribution in [0.2, 0.25) is 0 Å². The monoisotopic (exact) mass is 408 g/mol. The third-order valence-corrected chi connectivity index (χ3v) is 7.74. The smallest absolute Gasteiger partial charge is 0.279 e. The lowest BCUT2D eigenvalue weighted by Crippen LogP contribution is -3.15. The van der Waals surface area contributed by atoms with Crippen molar-refractivity contribution in [3.8, 4) is 0 Å². The molecule has 28 heavy (non-hydrogen) atoms. The van der Waals surface area contributed by atoms with E-state index in [9.17, 15) is 13.2 Å². The minimum absolute atomic E-state index is 0.0144. The van der Waals surface area contributed by atoms with Gasteiger partial charge < -0.3 is 10.2 Å². The van der Waals surface area contributed by atoms with Gasteiger partial charge in [0, 0.05) is 30.6 Å². The highest BCUT2D eigenvalue weighted by atomic mass is 32.2. The standard InChI is InChI=1S/C21H33N3O3S/c1-17-13-18(2)15-23(14-17)16-21(25)22-19-7-9-20(10-8-19)28(26,27)24-11-5-3-4-6-12-24/h7-10,17-18H,3-6,11-16H2,1-2H3,(H,22,25)/p+1/t17-,18-/m0/s1. The third kappa shape index (κ3) is 5.55. The molecule has 2 fully saturated rings. The van der Waals surface area contributed by atoms with E-state index in [0.29, 0.717) is 42.1 Å². The largest absolute Gasteiger partial charge is 0.327 e. The molecule has 156 valence electrons. The molecule has 7 heteroatoms. The number of anilines is 1. The van der Waals surface area contributed by atoms with Gasteiger partial charge in [0.05, 0.1) is 18.0 Å². The number of likely N-dealkylation sites (tertiary alicyclic amines) is 1. The molecule has 2 atom stereocenters. The van der Waals surface area contributed by atoms with E-state index < -0.39 is 10.0 Å². The number of piperidine rings is 1. The Morgan fingerprint density at radius 2 is 1.61 bits per heavy atom. The number of nitrogens with one attached hydrogen (secondary N) is 2. The summed E-state index contributed by atoms with van der Waals surface area (Å²) in [4.78, 5) is 14.0. The molecule has 0 bridgehead atoms. The van der Waals surface area contributed by atoms with Crippen LogP contribution in [0.1, 0.15) is 46.0 Å². The lowest BCUT2D eigenvalue weighted by Gasteiger charge is -2.31. The van der Waals surface area contributed by atoms with Crippen LogP contribution in [0.4, 0.5) is 5.69 Å². The van der Waals surface area contributed by atoms with Crippen molar-refractivity contribution >= 4 is 21.6 Å². The average Bonchev–Trinajstić information content (AvgIpc) is 2.91. The van der Waals surface area contributed by atoms with E-state index in [1.165, 1.54) is 11.3 Å². The highest BCUT2D eigenvalue weighted by molar-refractivity contribution is 7.89. The van der Waals surface area contributed by atoms with E-state index >= 15 is 0 Å². The molecule has 2 N–H and O–H groups in total. The molecule has 1 aromatic carbocycles. The summed E-state index contributed by atoms with van der Waals surface area (Å²) in [5.74, 6) is 1.28. The fourth-order valence-corrected chi connectivity index (χ4v) is 6.16. The summed E-state index contributed by atoms with van der Waals surface area (Å²) in [5, 5.41) is 2.92. The predicted octanol–water partition coefficient (Wildman–Crippen LogP) is 1.75. The first-order chi connectivity index (χ1) is 13.3. The van der Waals surface area contributed by atoms with Gasteiger partial charge in [-0.05, 0) is 43.5 Å². The molecule has 2 heterocycles. The van der Waals surface area contributed by atoms with Gasteiger partial charge in [-0.25, -0.2) is 8.42 Å². The van der Waals surface area contributed by atoms with Crippen LogP contribution in [0.25, 0.3) is 0 Å². The van der Waals surface area contributed by atoms with Crippen LogP contribution in [0.3, 0.4) is 0 Å². The third-order valence-electron chi connectivity index (χ3n) is 5.83. The summed E-state index contributed by atoms with van der Waals surface area (Å²) in [6.07, 6.45) is 5.26. The summed E-state index contributed by atoms with van der Waals surface area (Å²) in [6, 6.07) is 6.60. The van der Waals surface area contributed by atoms with E-state index in [1.807, 2.05) is 0 Å². The summed E-state index contributed by atoms with van der Waals surface area (Å²) < 4.78 is 27.3. The number of benzene rings is 1. The van der Waals surface area contributed by atoms with Crippen LogP contribution in [0.5, 0.6) is 0 Å². The number of rotatable bonds is 5. The van der Waals surface area contributed by atoms with Gasteiger partial charge in [-0.15, -0.1) is 0 Å². The molecular formula is C21H34N3O3S+. The fraction of sp³-hybridized carbons (Fsp3) is 0.667. The molecule has 1 amide bonds. The predicted molar refractivity (Wildman–Crippen MR) is 111 cm³/mol. The summed E-state index contributed by atoms with van der Waals surface area (Å²) in [6.45, 7) is 8.21. The SMILES string of the molecule is C[C@H]1C[C@H](C)C[NH+](CC(=O)Nc2ccc(S(=O)(=O)N3CCCCCC3)cc2)C1. The maximum absolute atomic E-state index is 12.8. The molecule has 2 saturated heterocycles. The average molecular weight is 409 g/mol. The molecule has 6 nitrogen and oxygen atoms in total. The van der Waals surface area contributed by atoms with Gasteiger partial charge in [0.1, 0.15) is 0 Å². The van der Waals surface area contributed by atoms with Crippen LogP contribution >= 0.6 is 0 Å². The molecule has 1 aromatic rings. The zero-order valence-electron chi connectivity index (χ0n) is 17.1.